The van der Waals surface area contributed by atoms with E-state index in [9.17, 15) is 5.11 Å². The summed E-state index contributed by atoms with van der Waals surface area (Å²) in [5, 5.41) is 10.2. The second-order valence-corrected chi connectivity index (χ2v) is 33.7. The molecule has 0 aliphatic carbocycles. The molecular formula is C43H74O8Si3. The lowest BCUT2D eigenvalue weighted by Gasteiger charge is -2.48. The van der Waals surface area contributed by atoms with E-state index in [0.29, 0.717) is 19.8 Å². The molecule has 1 aliphatic heterocycles. The van der Waals surface area contributed by atoms with Gasteiger partial charge in [0.15, 0.2) is 25.0 Å². The molecule has 1 aliphatic rings. The van der Waals surface area contributed by atoms with Crippen LogP contribution in [0.5, 0.6) is 5.75 Å². The fourth-order valence-electron chi connectivity index (χ4n) is 5.25. The van der Waals surface area contributed by atoms with E-state index in [-0.39, 0.29) is 33.9 Å². The zero-order chi connectivity index (χ0) is 40.8. The maximum Gasteiger partial charge on any atom is 0.192 e. The second-order valence-electron chi connectivity index (χ2n) is 19.4. The van der Waals surface area contributed by atoms with Crippen LogP contribution in [-0.2, 0) is 40.7 Å². The molecule has 0 saturated carbocycles. The summed E-state index contributed by atoms with van der Waals surface area (Å²) in [6.45, 7) is 35.0. The van der Waals surface area contributed by atoms with Crippen LogP contribution < -0.4 is 4.74 Å². The molecule has 1 fully saturated rings. The number of hydrogen-bond donors (Lipinski definition) is 1. The first-order chi connectivity index (χ1) is 24.8. The largest absolute Gasteiger partial charge is 0.497 e. The minimum Gasteiger partial charge on any atom is -0.497 e. The van der Waals surface area contributed by atoms with Crippen LogP contribution in [0.3, 0.4) is 0 Å². The predicted molar refractivity (Wildman–Crippen MR) is 229 cm³/mol. The van der Waals surface area contributed by atoms with Gasteiger partial charge in [0.25, 0.3) is 0 Å². The predicted octanol–water partition coefficient (Wildman–Crippen LogP) is 10.3. The highest BCUT2D eigenvalue weighted by atomic mass is 28.4. The highest BCUT2D eigenvalue weighted by Crippen LogP contribution is 2.44. The molecule has 0 bridgehead atoms. The van der Waals surface area contributed by atoms with Crippen LogP contribution >= 0.6 is 0 Å². The van der Waals surface area contributed by atoms with Crippen molar-refractivity contribution in [2.24, 2.45) is 0 Å². The molecule has 2 aromatic carbocycles. The monoisotopic (exact) mass is 802 g/mol. The summed E-state index contributed by atoms with van der Waals surface area (Å²) in [4.78, 5) is 0. The van der Waals surface area contributed by atoms with Gasteiger partial charge < -0.3 is 37.3 Å². The molecular weight excluding hydrogens is 729 g/mol. The Balaban J connectivity index is 2.21. The average Bonchev–Trinajstić information content (AvgIpc) is 3.85. The molecule has 1 N–H and O–H groups in total. The molecule has 54 heavy (non-hydrogen) atoms. The van der Waals surface area contributed by atoms with E-state index in [2.05, 4.69) is 126 Å². The summed E-state index contributed by atoms with van der Waals surface area (Å²) in [7, 11) is -5.29. The van der Waals surface area contributed by atoms with Crippen LogP contribution in [0.1, 0.15) is 73.4 Å². The summed E-state index contributed by atoms with van der Waals surface area (Å²) in [6, 6.07) is 18.2. The molecule has 6 atom stereocenters. The molecule has 11 heteroatoms. The number of hydrogen-bond acceptors (Lipinski definition) is 8. The quantitative estimate of drug-likeness (QED) is 0.0805. The first-order valence-corrected chi connectivity index (χ1v) is 28.4. The van der Waals surface area contributed by atoms with Gasteiger partial charge in [-0.2, -0.15) is 0 Å². The SMILES string of the molecule is COc1ccc(CO[C@@H]([C@H](O[Si](C)(C)C(C)(C)C)[C@H](O[Si](C)(C)C(C)(C)C)[C@H](/C=C/CO[Si](C)(C)C(C)(C)C)OCc2ccccc2)[C@@H]2O[C@@H]2CO)cc1. The summed E-state index contributed by atoms with van der Waals surface area (Å²) >= 11 is 0. The van der Waals surface area contributed by atoms with E-state index >= 15 is 0 Å². The van der Waals surface area contributed by atoms with Gasteiger partial charge >= 0.3 is 0 Å². The molecule has 2 aromatic rings. The standard InChI is InChI=1S/C43H74O8Si3/c1-41(2,3)52(11,12)48-28-20-23-35(46-30-32-21-18-17-19-22-32)38(50-53(13,14)42(4,5)6)40(51-54(15,16)43(7,8)9)39(37-36(29-44)49-37)47-31-33-24-26-34(45-10)27-25-33/h17-27,35-40,44H,28-31H2,1-16H3/b23-20+/t35-,36+,37+,38+,39+,40+/m0/s1. The Bertz CT molecular complexity index is 1440. The lowest BCUT2D eigenvalue weighted by molar-refractivity contribution is -0.127. The molecule has 1 heterocycles. The van der Waals surface area contributed by atoms with Crippen molar-refractivity contribution >= 4 is 25.0 Å². The van der Waals surface area contributed by atoms with Gasteiger partial charge in [-0.15, -0.1) is 0 Å². The molecule has 1 saturated heterocycles. The summed E-state index contributed by atoms with van der Waals surface area (Å²) in [5.74, 6) is 0.783. The van der Waals surface area contributed by atoms with Crippen LogP contribution in [0.4, 0.5) is 0 Å². The first-order valence-electron chi connectivity index (χ1n) is 19.7. The molecule has 8 nitrogen and oxygen atoms in total. The van der Waals surface area contributed by atoms with Crippen LogP contribution in [0, 0.1) is 0 Å². The Morgan fingerprint density at radius 2 is 1.19 bits per heavy atom. The fraction of sp³-hybridized carbons (Fsp3) is 0.674. The number of aliphatic hydroxyl groups is 1. The average molecular weight is 803 g/mol. The molecule has 0 aromatic heterocycles. The van der Waals surface area contributed by atoms with Gasteiger partial charge in [-0.3, -0.25) is 0 Å². The van der Waals surface area contributed by atoms with E-state index < -0.39 is 49.4 Å². The normalized spacial score (nSPS) is 19.8. The molecule has 306 valence electrons. The molecule has 0 amide bonds. The van der Waals surface area contributed by atoms with Gasteiger partial charge in [-0.1, -0.05) is 117 Å². The zero-order valence-corrected chi connectivity index (χ0v) is 39.4. The van der Waals surface area contributed by atoms with Crippen molar-refractivity contribution in [3.05, 3.63) is 77.9 Å². The third kappa shape index (κ3) is 12.9. The zero-order valence-electron chi connectivity index (χ0n) is 36.4. The van der Waals surface area contributed by atoms with Crippen molar-refractivity contribution in [2.75, 3.05) is 20.3 Å². The topological polar surface area (TPSA) is 88.1 Å². The molecule has 0 unspecified atom stereocenters. The van der Waals surface area contributed by atoms with E-state index in [4.69, 9.17) is 32.2 Å². The van der Waals surface area contributed by atoms with Crippen LogP contribution in [0.25, 0.3) is 0 Å². The smallest absolute Gasteiger partial charge is 0.192 e. The van der Waals surface area contributed by atoms with E-state index in [0.717, 1.165) is 16.9 Å². The Hall–Kier alpha value is -1.65. The van der Waals surface area contributed by atoms with E-state index in [1.54, 1.807) is 7.11 Å². The van der Waals surface area contributed by atoms with Crippen LogP contribution in [0.15, 0.2) is 66.7 Å². The van der Waals surface area contributed by atoms with Crippen LogP contribution in [-0.4, -0.2) is 87.0 Å². The Labute approximate surface area is 331 Å². The maximum absolute atomic E-state index is 10.3. The third-order valence-electron chi connectivity index (χ3n) is 12.1. The van der Waals surface area contributed by atoms with E-state index in [1.165, 1.54) is 0 Å². The number of ether oxygens (including phenoxy) is 4. The fourth-order valence-corrected chi connectivity index (χ4v) is 8.80. The third-order valence-corrected chi connectivity index (χ3v) is 25.6. The van der Waals surface area contributed by atoms with Crippen LogP contribution in [0.2, 0.25) is 54.4 Å². The Kier molecular flexibility index (Phi) is 16.2. The van der Waals surface area contributed by atoms with E-state index in [1.807, 2.05) is 42.5 Å². The molecule has 0 spiro atoms. The lowest BCUT2D eigenvalue weighted by atomic mass is 9.98. The van der Waals surface area contributed by atoms with Gasteiger partial charge in [0, 0.05) is 0 Å². The van der Waals surface area contributed by atoms with Crippen molar-refractivity contribution in [2.45, 2.75) is 167 Å². The number of benzene rings is 2. The number of aliphatic hydroxyl groups excluding tert-OH is 1. The maximum atomic E-state index is 10.3. The second kappa shape index (κ2) is 18.7. The van der Waals surface area contributed by atoms with Gasteiger partial charge in [0.1, 0.15) is 42.4 Å². The summed E-state index contributed by atoms with van der Waals surface area (Å²) in [6.07, 6.45) is 1.23. The highest BCUT2D eigenvalue weighted by molar-refractivity contribution is 6.75. The highest BCUT2D eigenvalue weighted by Gasteiger charge is 2.55. The number of rotatable bonds is 20. The Morgan fingerprint density at radius 1 is 0.685 bits per heavy atom. The summed E-state index contributed by atoms with van der Waals surface area (Å²) in [5.41, 5.74) is 2.06. The van der Waals surface area contributed by atoms with Gasteiger partial charge in [0.05, 0.1) is 33.5 Å². The van der Waals surface area contributed by atoms with Crippen molar-refractivity contribution in [1.29, 1.82) is 0 Å². The molecule has 3 rings (SSSR count). The first kappa shape index (κ1) is 46.7. The minimum atomic E-state index is -2.48. The number of methoxy groups -OCH3 is 1. The van der Waals surface area contributed by atoms with Crippen molar-refractivity contribution in [3.63, 3.8) is 0 Å². The van der Waals surface area contributed by atoms with Gasteiger partial charge in [0.2, 0.25) is 0 Å². The van der Waals surface area contributed by atoms with Gasteiger partial charge in [-0.25, -0.2) is 0 Å². The Morgan fingerprint density at radius 3 is 1.67 bits per heavy atom. The molecule has 0 radical (unpaired) electrons. The lowest BCUT2D eigenvalue weighted by Crippen LogP contribution is -2.60. The van der Waals surface area contributed by atoms with Crippen molar-refractivity contribution < 1.29 is 37.3 Å². The minimum absolute atomic E-state index is 0.0854. The van der Waals surface area contributed by atoms with Crippen molar-refractivity contribution in [3.8, 4) is 5.75 Å². The summed E-state index contributed by atoms with van der Waals surface area (Å²) < 4.78 is 47.2. The van der Waals surface area contributed by atoms with Crippen molar-refractivity contribution in [1.82, 2.24) is 0 Å². The number of epoxide rings is 1. The van der Waals surface area contributed by atoms with Gasteiger partial charge in [-0.05, 0) is 77.7 Å².